The van der Waals surface area contributed by atoms with Gasteiger partial charge in [-0.25, -0.2) is 0 Å². The standard InChI is InChI=1S/C19H16N4O4S/c1-24-14-9-5-3-7-12(14)17-20-16(27-23-17)11-28-19-22-21-18(26-19)13-8-4-6-10-15(13)25-2/h3-10H,11H2,1-2H3. The number of thioether (sulfide) groups is 1. The van der Waals surface area contributed by atoms with Crippen LogP contribution in [0.4, 0.5) is 0 Å². The second-order valence-electron chi connectivity index (χ2n) is 5.57. The van der Waals surface area contributed by atoms with Gasteiger partial charge in [0, 0.05) is 0 Å². The molecule has 2 aromatic carbocycles. The molecule has 0 spiro atoms. The number of hydrogen-bond acceptors (Lipinski definition) is 9. The minimum Gasteiger partial charge on any atom is -0.496 e. The van der Waals surface area contributed by atoms with E-state index < -0.39 is 0 Å². The van der Waals surface area contributed by atoms with Gasteiger partial charge in [0.05, 0.1) is 31.1 Å². The highest BCUT2D eigenvalue weighted by atomic mass is 32.2. The Kier molecular flexibility index (Phi) is 5.24. The Morgan fingerprint density at radius 1 is 0.893 bits per heavy atom. The molecule has 0 aliphatic rings. The van der Waals surface area contributed by atoms with Crippen LogP contribution in [0, 0.1) is 0 Å². The molecule has 142 valence electrons. The lowest BCUT2D eigenvalue weighted by Gasteiger charge is -2.03. The van der Waals surface area contributed by atoms with Crippen LogP contribution in [0.3, 0.4) is 0 Å². The van der Waals surface area contributed by atoms with E-state index in [1.54, 1.807) is 14.2 Å². The predicted molar refractivity (Wildman–Crippen MR) is 102 cm³/mol. The topological polar surface area (TPSA) is 96.3 Å². The predicted octanol–water partition coefficient (Wildman–Crippen LogP) is 4.10. The van der Waals surface area contributed by atoms with Gasteiger partial charge < -0.3 is 18.4 Å². The summed E-state index contributed by atoms with van der Waals surface area (Å²) in [6.45, 7) is 0. The second-order valence-corrected chi connectivity index (χ2v) is 6.50. The first-order valence-corrected chi connectivity index (χ1v) is 9.32. The summed E-state index contributed by atoms with van der Waals surface area (Å²) in [7, 11) is 3.20. The monoisotopic (exact) mass is 396 g/mol. The lowest BCUT2D eigenvalue weighted by molar-refractivity contribution is 0.389. The Bertz CT molecular complexity index is 993. The number of hydrogen-bond donors (Lipinski definition) is 0. The normalized spacial score (nSPS) is 10.8. The van der Waals surface area contributed by atoms with Crippen molar-refractivity contribution in [3.63, 3.8) is 0 Å². The molecule has 28 heavy (non-hydrogen) atoms. The maximum atomic E-state index is 5.71. The number of nitrogens with zero attached hydrogens (tertiary/aromatic N) is 4. The van der Waals surface area contributed by atoms with E-state index in [1.165, 1.54) is 11.8 Å². The first kappa shape index (κ1) is 18.1. The molecule has 0 amide bonds. The average Bonchev–Trinajstić information content (AvgIpc) is 3.42. The van der Waals surface area contributed by atoms with Crippen LogP contribution in [0.1, 0.15) is 5.89 Å². The Morgan fingerprint density at radius 2 is 1.57 bits per heavy atom. The summed E-state index contributed by atoms with van der Waals surface area (Å²) in [5.41, 5.74) is 1.50. The molecule has 0 bridgehead atoms. The van der Waals surface area contributed by atoms with Gasteiger partial charge in [0.25, 0.3) is 11.1 Å². The molecule has 0 aliphatic carbocycles. The molecule has 8 nitrogen and oxygen atoms in total. The molecule has 0 unspecified atom stereocenters. The summed E-state index contributed by atoms with van der Waals surface area (Å²) in [4.78, 5) is 4.41. The highest BCUT2D eigenvalue weighted by Crippen LogP contribution is 2.32. The van der Waals surface area contributed by atoms with E-state index in [0.29, 0.717) is 40.1 Å². The van der Waals surface area contributed by atoms with Gasteiger partial charge >= 0.3 is 0 Å². The smallest absolute Gasteiger partial charge is 0.277 e. The number of methoxy groups -OCH3 is 2. The van der Waals surface area contributed by atoms with E-state index in [1.807, 2.05) is 48.5 Å². The summed E-state index contributed by atoms with van der Waals surface area (Å²) >= 11 is 1.31. The van der Waals surface area contributed by atoms with Gasteiger partial charge in [0.15, 0.2) is 0 Å². The summed E-state index contributed by atoms with van der Waals surface area (Å²) in [6.07, 6.45) is 0. The van der Waals surface area contributed by atoms with Crippen molar-refractivity contribution in [2.75, 3.05) is 14.2 Å². The largest absolute Gasteiger partial charge is 0.496 e. The molecule has 0 saturated heterocycles. The lowest BCUT2D eigenvalue weighted by atomic mass is 10.2. The highest BCUT2D eigenvalue weighted by molar-refractivity contribution is 7.98. The lowest BCUT2D eigenvalue weighted by Crippen LogP contribution is -1.89. The first-order valence-electron chi connectivity index (χ1n) is 8.34. The van der Waals surface area contributed by atoms with Crippen LogP contribution in [-0.4, -0.2) is 34.6 Å². The summed E-state index contributed by atoms with van der Waals surface area (Å²) in [5.74, 6) is 3.05. The zero-order chi connectivity index (χ0) is 19.3. The molecule has 0 radical (unpaired) electrons. The van der Waals surface area contributed by atoms with Crippen molar-refractivity contribution in [2.45, 2.75) is 11.0 Å². The van der Waals surface area contributed by atoms with Crippen molar-refractivity contribution < 1.29 is 18.4 Å². The Morgan fingerprint density at radius 3 is 2.32 bits per heavy atom. The number of aromatic nitrogens is 4. The molecule has 0 saturated carbocycles. The van der Waals surface area contributed by atoms with Crippen LogP contribution in [-0.2, 0) is 5.75 Å². The molecule has 0 N–H and O–H groups in total. The van der Waals surface area contributed by atoms with Crippen molar-refractivity contribution in [1.29, 1.82) is 0 Å². The van der Waals surface area contributed by atoms with Gasteiger partial charge in [-0.3, -0.25) is 0 Å². The Hall–Kier alpha value is -3.33. The van der Waals surface area contributed by atoms with Crippen molar-refractivity contribution in [3.8, 4) is 34.3 Å². The van der Waals surface area contributed by atoms with E-state index in [2.05, 4.69) is 20.3 Å². The number of rotatable bonds is 7. The quantitative estimate of drug-likeness (QED) is 0.428. The number of benzene rings is 2. The molecular formula is C19H16N4O4S. The van der Waals surface area contributed by atoms with Crippen LogP contribution < -0.4 is 9.47 Å². The molecule has 0 atom stereocenters. The van der Waals surface area contributed by atoms with Gasteiger partial charge in [0.1, 0.15) is 11.5 Å². The molecule has 0 aliphatic heterocycles. The van der Waals surface area contributed by atoms with Crippen LogP contribution in [0.25, 0.3) is 22.8 Å². The maximum absolute atomic E-state index is 5.71. The van der Waals surface area contributed by atoms with Crippen molar-refractivity contribution >= 4 is 11.8 Å². The van der Waals surface area contributed by atoms with Crippen molar-refractivity contribution in [2.24, 2.45) is 0 Å². The molecule has 4 rings (SSSR count). The summed E-state index contributed by atoms with van der Waals surface area (Å²) in [5, 5.41) is 12.6. The third-order valence-corrected chi connectivity index (χ3v) is 4.68. The number of ether oxygens (including phenoxy) is 2. The fourth-order valence-corrected chi connectivity index (χ4v) is 3.17. The van der Waals surface area contributed by atoms with Crippen LogP contribution in [0.2, 0.25) is 0 Å². The van der Waals surface area contributed by atoms with Crippen LogP contribution in [0.5, 0.6) is 11.5 Å². The van der Waals surface area contributed by atoms with Crippen molar-refractivity contribution in [3.05, 3.63) is 54.4 Å². The highest BCUT2D eigenvalue weighted by Gasteiger charge is 2.16. The fraction of sp³-hybridized carbons (Fsp3) is 0.158. The van der Waals surface area contributed by atoms with E-state index in [0.717, 1.165) is 11.1 Å². The van der Waals surface area contributed by atoms with Gasteiger partial charge in [-0.15, -0.1) is 10.2 Å². The average molecular weight is 396 g/mol. The van der Waals surface area contributed by atoms with Gasteiger partial charge in [0.2, 0.25) is 11.7 Å². The SMILES string of the molecule is COc1ccccc1-c1noc(CSc2nnc(-c3ccccc3OC)o2)n1. The molecule has 0 fully saturated rings. The van der Waals surface area contributed by atoms with Gasteiger partial charge in [-0.1, -0.05) is 41.2 Å². The van der Waals surface area contributed by atoms with Crippen LogP contribution >= 0.6 is 11.8 Å². The summed E-state index contributed by atoms with van der Waals surface area (Å²) in [6, 6.07) is 14.9. The van der Waals surface area contributed by atoms with E-state index >= 15 is 0 Å². The third-order valence-electron chi connectivity index (χ3n) is 3.88. The second kappa shape index (κ2) is 8.13. The minimum absolute atomic E-state index is 0.389. The molecule has 9 heteroatoms. The van der Waals surface area contributed by atoms with Crippen LogP contribution in [0.15, 0.2) is 62.7 Å². The Labute approximate surface area is 164 Å². The van der Waals surface area contributed by atoms with Gasteiger partial charge in [-0.2, -0.15) is 4.98 Å². The minimum atomic E-state index is 0.389. The number of para-hydroxylation sites is 2. The fourth-order valence-electron chi connectivity index (χ4n) is 2.57. The zero-order valence-corrected chi connectivity index (χ0v) is 16.0. The van der Waals surface area contributed by atoms with E-state index in [9.17, 15) is 0 Å². The first-order chi connectivity index (χ1) is 13.8. The van der Waals surface area contributed by atoms with Gasteiger partial charge in [-0.05, 0) is 24.3 Å². The molecule has 2 aromatic heterocycles. The Balaban J connectivity index is 1.46. The molecular weight excluding hydrogens is 380 g/mol. The molecule has 2 heterocycles. The summed E-state index contributed by atoms with van der Waals surface area (Å²) < 4.78 is 21.7. The van der Waals surface area contributed by atoms with E-state index in [4.69, 9.17) is 18.4 Å². The third kappa shape index (κ3) is 3.70. The van der Waals surface area contributed by atoms with E-state index in [-0.39, 0.29) is 0 Å². The zero-order valence-electron chi connectivity index (χ0n) is 15.2. The molecule has 4 aromatic rings. The maximum Gasteiger partial charge on any atom is 0.277 e. The van der Waals surface area contributed by atoms with Crippen molar-refractivity contribution in [1.82, 2.24) is 20.3 Å².